The van der Waals surface area contributed by atoms with E-state index in [4.69, 9.17) is 5.26 Å². The summed E-state index contributed by atoms with van der Waals surface area (Å²) in [7, 11) is 0. The van der Waals surface area contributed by atoms with E-state index in [2.05, 4.69) is 20.9 Å². The molecule has 0 aliphatic rings. The first-order valence-corrected chi connectivity index (χ1v) is 5.78. The van der Waals surface area contributed by atoms with Crippen LogP contribution in [0.3, 0.4) is 0 Å². The SMILES string of the molecule is N#Cc1ncc(Cc2ccccc2F)cc1Br. The number of benzene rings is 1. The van der Waals surface area contributed by atoms with Crippen molar-refractivity contribution in [3.63, 3.8) is 0 Å². The Kier molecular flexibility index (Phi) is 3.50. The van der Waals surface area contributed by atoms with Gasteiger partial charge in [0.05, 0.1) is 4.47 Å². The van der Waals surface area contributed by atoms with Gasteiger partial charge in [-0.15, -0.1) is 0 Å². The summed E-state index contributed by atoms with van der Waals surface area (Å²) in [5.41, 5.74) is 1.81. The number of hydrogen-bond donors (Lipinski definition) is 0. The van der Waals surface area contributed by atoms with Crippen molar-refractivity contribution in [2.75, 3.05) is 0 Å². The van der Waals surface area contributed by atoms with Crippen molar-refractivity contribution in [1.29, 1.82) is 5.26 Å². The van der Waals surface area contributed by atoms with Crippen LogP contribution in [0.1, 0.15) is 16.8 Å². The first-order valence-electron chi connectivity index (χ1n) is 4.98. The minimum Gasteiger partial charge on any atom is -0.244 e. The predicted molar refractivity (Wildman–Crippen MR) is 65.9 cm³/mol. The van der Waals surface area contributed by atoms with Gasteiger partial charge in [0, 0.05) is 12.6 Å². The lowest BCUT2D eigenvalue weighted by atomic mass is 10.1. The Morgan fingerprint density at radius 2 is 2.12 bits per heavy atom. The quantitative estimate of drug-likeness (QED) is 0.849. The van der Waals surface area contributed by atoms with Crippen LogP contribution in [0.15, 0.2) is 41.0 Å². The molecule has 0 fully saturated rings. The number of hydrogen-bond acceptors (Lipinski definition) is 2. The number of halogens is 2. The molecule has 2 rings (SSSR count). The average Bonchev–Trinajstić information content (AvgIpc) is 2.32. The highest BCUT2D eigenvalue weighted by Gasteiger charge is 2.05. The molecule has 0 saturated heterocycles. The first kappa shape index (κ1) is 11.7. The maximum atomic E-state index is 13.4. The molecule has 2 aromatic rings. The summed E-state index contributed by atoms with van der Waals surface area (Å²) in [5, 5.41) is 8.74. The molecule has 0 unspecified atom stereocenters. The second-order valence-electron chi connectivity index (χ2n) is 3.55. The smallest absolute Gasteiger partial charge is 0.154 e. The van der Waals surface area contributed by atoms with Gasteiger partial charge in [0.15, 0.2) is 5.69 Å². The van der Waals surface area contributed by atoms with Gasteiger partial charge in [-0.1, -0.05) is 18.2 Å². The number of rotatable bonds is 2. The van der Waals surface area contributed by atoms with Crippen LogP contribution in [0.2, 0.25) is 0 Å². The van der Waals surface area contributed by atoms with Gasteiger partial charge in [0.2, 0.25) is 0 Å². The first-order chi connectivity index (χ1) is 8.20. The lowest BCUT2D eigenvalue weighted by Gasteiger charge is -2.04. The molecular weight excluding hydrogens is 283 g/mol. The number of nitriles is 1. The highest BCUT2D eigenvalue weighted by Crippen LogP contribution is 2.18. The largest absolute Gasteiger partial charge is 0.244 e. The Labute approximate surface area is 107 Å². The van der Waals surface area contributed by atoms with Gasteiger partial charge >= 0.3 is 0 Å². The number of nitrogens with zero attached hydrogens (tertiary/aromatic N) is 2. The monoisotopic (exact) mass is 290 g/mol. The summed E-state index contributed by atoms with van der Waals surface area (Å²) in [6, 6.07) is 10.4. The van der Waals surface area contributed by atoms with E-state index in [0.717, 1.165) is 5.56 Å². The minimum atomic E-state index is -0.229. The fraction of sp³-hybridized carbons (Fsp3) is 0.0769. The molecule has 4 heteroatoms. The molecule has 0 amide bonds. The Hall–Kier alpha value is -1.73. The van der Waals surface area contributed by atoms with E-state index < -0.39 is 0 Å². The van der Waals surface area contributed by atoms with Crippen LogP contribution in [0.5, 0.6) is 0 Å². The van der Waals surface area contributed by atoms with Crippen LogP contribution in [0.4, 0.5) is 4.39 Å². The van der Waals surface area contributed by atoms with Gasteiger partial charge in [-0.05, 0) is 39.2 Å². The van der Waals surface area contributed by atoms with Crippen molar-refractivity contribution in [3.05, 3.63) is 63.6 Å². The van der Waals surface area contributed by atoms with Crippen molar-refractivity contribution in [2.24, 2.45) is 0 Å². The average molecular weight is 291 g/mol. The van der Waals surface area contributed by atoms with E-state index in [9.17, 15) is 4.39 Å². The van der Waals surface area contributed by atoms with Crippen molar-refractivity contribution in [3.8, 4) is 6.07 Å². The van der Waals surface area contributed by atoms with Crippen LogP contribution in [0.25, 0.3) is 0 Å². The zero-order valence-electron chi connectivity index (χ0n) is 8.82. The Morgan fingerprint density at radius 1 is 1.35 bits per heavy atom. The van der Waals surface area contributed by atoms with E-state index in [1.54, 1.807) is 30.5 Å². The highest BCUT2D eigenvalue weighted by atomic mass is 79.9. The summed E-state index contributed by atoms with van der Waals surface area (Å²) in [6.45, 7) is 0. The van der Waals surface area contributed by atoms with E-state index in [1.807, 2.05) is 6.07 Å². The fourth-order valence-corrected chi connectivity index (χ4v) is 2.00. The normalized spacial score (nSPS) is 9.94. The third kappa shape index (κ3) is 2.69. The van der Waals surface area contributed by atoms with Crippen molar-refractivity contribution < 1.29 is 4.39 Å². The molecular formula is C13H8BrFN2. The maximum absolute atomic E-state index is 13.4. The highest BCUT2D eigenvalue weighted by molar-refractivity contribution is 9.10. The lowest BCUT2D eigenvalue weighted by molar-refractivity contribution is 0.614. The lowest BCUT2D eigenvalue weighted by Crippen LogP contribution is -1.94. The molecule has 1 aromatic carbocycles. The zero-order chi connectivity index (χ0) is 12.3. The van der Waals surface area contributed by atoms with Gasteiger partial charge in [-0.25, -0.2) is 9.37 Å². The molecule has 1 heterocycles. The van der Waals surface area contributed by atoms with Crippen LogP contribution in [0, 0.1) is 17.1 Å². The van der Waals surface area contributed by atoms with Crippen LogP contribution >= 0.6 is 15.9 Å². The van der Waals surface area contributed by atoms with Gasteiger partial charge in [0.1, 0.15) is 11.9 Å². The predicted octanol–water partition coefficient (Wildman–Crippen LogP) is 3.45. The molecule has 0 bridgehead atoms. The standard InChI is InChI=1S/C13H8BrFN2/c14-11-6-9(8-17-13(11)7-16)5-10-3-1-2-4-12(10)15/h1-4,6,8H,5H2. The topological polar surface area (TPSA) is 36.7 Å². The van der Waals surface area contributed by atoms with Crippen molar-refractivity contribution in [1.82, 2.24) is 4.98 Å². The summed E-state index contributed by atoms with van der Waals surface area (Å²) in [6.07, 6.45) is 2.06. The van der Waals surface area contributed by atoms with Gasteiger partial charge in [0.25, 0.3) is 0 Å². The molecule has 0 aliphatic heterocycles. The summed E-state index contributed by atoms with van der Waals surface area (Å²) >= 11 is 3.26. The fourth-order valence-electron chi connectivity index (χ4n) is 1.52. The van der Waals surface area contributed by atoms with Crippen LogP contribution < -0.4 is 0 Å². The van der Waals surface area contributed by atoms with E-state index in [1.165, 1.54) is 6.07 Å². The molecule has 0 aliphatic carbocycles. The Morgan fingerprint density at radius 3 is 2.76 bits per heavy atom. The van der Waals surface area contributed by atoms with Gasteiger partial charge in [-0.2, -0.15) is 5.26 Å². The molecule has 0 atom stereocenters. The summed E-state index contributed by atoms with van der Waals surface area (Å²) < 4.78 is 14.1. The third-order valence-corrected chi connectivity index (χ3v) is 2.96. The molecule has 0 N–H and O–H groups in total. The molecule has 0 saturated carbocycles. The van der Waals surface area contributed by atoms with Crippen molar-refractivity contribution >= 4 is 15.9 Å². The zero-order valence-corrected chi connectivity index (χ0v) is 10.4. The van der Waals surface area contributed by atoms with Crippen LogP contribution in [-0.4, -0.2) is 4.98 Å². The minimum absolute atomic E-state index is 0.229. The van der Waals surface area contributed by atoms with Gasteiger partial charge in [-0.3, -0.25) is 0 Å². The summed E-state index contributed by atoms with van der Waals surface area (Å²) in [4.78, 5) is 3.99. The van der Waals surface area contributed by atoms with E-state index in [0.29, 0.717) is 22.2 Å². The summed E-state index contributed by atoms with van der Waals surface area (Å²) in [5.74, 6) is -0.229. The molecule has 17 heavy (non-hydrogen) atoms. The van der Waals surface area contributed by atoms with E-state index in [-0.39, 0.29) is 5.82 Å². The number of pyridine rings is 1. The molecule has 84 valence electrons. The van der Waals surface area contributed by atoms with E-state index >= 15 is 0 Å². The second kappa shape index (κ2) is 5.07. The number of aromatic nitrogens is 1. The van der Waals surface area contributed by atoms with Crippen molar-refractivity contribution in [2.45, 2.75) is 6.42 Å². The molecule has 0 radical (unpaired) electrons. The Balaban J connectivity index is 2.29. The molecule has 2 nitrogen and oxygen atoms in total. The molecule has 1 aromatic heterocycles. The van der Waals surface area contributed by atoms with Crippen LogP contribution in [-0.2, 0) is 6.42 Å². The second-order valence-corrected chi connectivity index (χ2v) is 4.41. The maximum Gasteiger partial charge on any atom is 0.154 e. The third-order valence-electron chi connectivity index (χ3n) is 2.36. The molecule has 0 spiro atoms. The Bertz CT molecular complexity index is 590. The van der Waals surface area contributed by atoms with Gasteiger partial charge < -0.3 is 0 Å².